The van der Waals surface area contributed by atoms with Gasteiger partial charge in [0.25, 0.3) is 0 Å². The van der Waals surface area contributed by atoms with Crippen LogP contribution >= 0.6 is 0 Å². The topological polar surface area (TPSA) is 38.7 Å². The molecule has 0 radical (unpaired) electrons. The highest BCUT2D eigenvalue weighted by atomic mass is 28.4. The lowest BCUT2D eigenvalue weighted by Crippen LogP contribution is -2.43. The van der Waals surface area contributed by atoms with Crippen molar-refractivity contribution >= 4 is 8.32 Å². The van der Waals surface area contributed by atoms with Gasteiger partial charge in [0.2, 0.25) is 0 Å². The largest absolute Gasteiger partial charge is 0.414 e. The summed E-state index contributed by atoms with van der Waals surface area (Å²) in [6.45, 7) is 16.0. The number of allylic oxidation sites excluding steroid dienone is 1. The van der Waals surface area contributed by atoms with Gasteiger partial charge in [-0.15, -0.1) is 0 Å². The minimum atomic E-state index is -1.69. The molecule has 1 rings (SSSR count). The Morgan fingerprint density at radius 2 is 1.70 bits per heavy atom. The average Bonchev–Trinajstić information content (AvgIpc) is 2.58. The lowest BCUT2D eigenvalue weighted by molar-refractivity contribution is -0.0333. The standard InChI is InChI=1S/C23H40O3Si/c1-19(26-27(6,7)23(3,4)5)14-10-8-13-17-22(24)20(2)25-18-21-15-11-9-12-16-21/h8-9,11-13,15-16,19-20,22,24H,10,14,17-18H2,1-7H3/b13-8+/t19-,20-,22+/m1/s1. The molecule has 1 aromatic rings. The minimum Gasteiger partial charge on any atom is -0.414 e. The maximum absolute atomic E-state index is 10.3. The van der Waals surface area contributed by atoms with Gasteiger partial charge in [0, 0.05) is 6.10 Å². The normalized spacial score (nSPS) is 16.4. The molecule has 0 heterocycles. The molecular weight excluding hydrogens is 352 g/mol. The number of aliphatic hydroxyl groups is 1. The Morgan fingerprint density at radius 1 is 1.07 bits per heavy atom. The predicted octanol–water partition coefficient (Wildman–Crippen LogP) is 6.09. The number of hydrogen-bond acceptors (Lipinski definition) is 3. The highest BCUT2D eigenvalue weighted by molar-refractivity contribution is 6.74. The number of hydrogen-bond donors (Lipinski definition) is 1. The molecule has 3 nitrogen and oxygen atoms in total. The fourth-order valence-corrected chi connectivity index (χ4v) is 4.01. The van der Waals surface area contributed by atoms with Crippen molar-refractivity contribution in [1.82, 2.24) is 0 Å². The molecule has 1 aromatic carbocycles. The Balaban J connectivity index is 2.25. The summed E-state index contributed by atoms with van der Waals surface area (Å²) in [7, 11) is -1.69. The van der Waals surface area contributed by atoms with E-state index in [0.29, 0.717) is 13.0 Å². The highest BCUT2D eigenvalue weighted by Crippen LogP contribution is 2.37. The van der Waals surface area contributed by atoms with Crippen LogP contribution in [0.25, 0.3) is 0 Å². The highest BCUT2D eigenvalue weighted by Gasteiger charge is 2.38. The van der Waals surface area contributed by atoms with E-state index < -0.39 is 14.4 Å². The van der Waals surface area contributed by atoms with E-state index in [9.17, 15) is 5.11 Å². The van der Waals surface area contributed by atoms with Crippen LogP contribution in [0.2, 0.25) is 18.1 Å². The number of benzene rings is 1. The van der Waals surface area contributed by atoms with Crippen molar-refractivity contribution in [2.45, 2.75) is 96.9 Å². The summed E-state index contributed by atoms with van der Waals surface area (Å²) in [6.07, 6.45) is 6.43. The third-order valence-electron chi connectivity index (χ3n) is 5.48. The molecule has 0 bridgehead atoms. The van der Waals surface area contributed by atoms with E-state index in [-0.39, 0.29) is 17.2 Å². The van der Waals surface area contributed by atoms with E-state index in [0.717, 1.165) is 18.4 Å². The SMILES string of the molecule is C[C@H](CC/C=C/C[C@H](O)[C@@H](C)OCc1ccccc1)O[Si](C)(C)C(C)(C)C. The van der Waals surface area contributed by atoms with E-state index >= 15 is 0 Å². The Hall–Kier alpha value is -0.943. The first-order valence-corrected chi connectivity index (χ1v) is 13.1. The molecule has 4 heteroatoms. The monoisotopic (exact) mass is 392 g/mol. The molecule has 154 valence electrons. The summed E-state index contributed by atoms with van der Waals surface area (Å²) in [6, 6.07) is 10.1. The minimum absolute atomic E-state index is 0.185. The summed E-state index contributed by atoms with van der Waals surface area (Å²) in [5, 5.41) is 10.5. The molecular formula is C23H40O3Si. The molecule has 0 spiro atoms. The summed E-state index contributed by atoms with van der Waals surface area (Å²) in [5.41, 5.74) is 1.13. The van der Waals surface area contributed by atoms with Crippen molar-refractivity contribution in [3.63, 3.8) is 0 Å². The first kappa shape index (κ1) is 24.1. The summed E-state index contributed by atoms with van der Waals surface area (Å²) in [4.78, 5) is 0. The van der Waals surface area contributed by atoms with E-state index in [2.05, 4.69) is 52.9 Å². The molecule has 0 amide bonds. The van der Waals surface area contributed by atoms with Crippen molar-refractivity contribution in [3.05, 3.63) is 48.0 Å². The molecule has 3 atom stereocenters. The van der Waals surface area contributed by atoms with Gasteiger partial charge in [-0.3, -0.25) is 0 Å². The van der Waals surface area contributed by atoms with E-state index in [1.54, 1.807) is 0 Å². The van der Waals surface area contributed by atoms with Crippen molar-refractivity contribution < 1.29 is 14.3 Å². The molecule has 0 aliphatic heterocycles. The Kier molecular flexibility index (Phi) is 9.95. The summed E-state index contributed by atoms with van der Waals surface area (Å²) in [5.74, 6) is 0. The zero-order valence-corrected chi connectivity index (χ0v) is 19.4. The molecule has 27 heavy (non-hydrogen) atoms. The maximum atomic E-state index is 10.3. The number of aliphatic hydroxyl groups excluding tert-OH is 1. The third kappa shape index (κ3) is 9.20. The van der Waals surface area contributed by atoms with Gasteiger partial charge in [0.05, 0.1) is 18.8 Å². The second-order valence-electron chi connectivity index (χ2n) is 9.04. The van der Waals surface area contributed by atoms with Crippen molar-refractivity contribution in [3.8, 4) is 0 Å². The van der Waals surface area contributed by atoms with Crippen LogP contribution in [0.1, 0.15) is 59.4 Å². The van der Waals surface area contributed by atoms with Gasteiger partial charge in [-0.25, -0.2) is 0 Å². The summed E-state index contributed by atoms with van der Waals surface area (Å²) >= 11 is 0. The number of rotatable bonds is 11. The van der Waals surface area contributed by atoms with Crippen LogP contribution < -0.4 is 0 Å². The van der Waals surface area contributed by atoms with Crippen LogP contribution in [0.3, 0.4) is 0 Å². The van der Waals surface area contributed by atoms with E-state index in [4.69, 9.17) is 9.16 Å². The number of ether oxygens (including phenoxy) is 1. The molecule has 1 N–H and O–H groups in total. The van der Waals surface area contributed by atoms with Gasteiger partial charge in [0.15, 0.2) is 8.32 Å². The van der Waals surface area contributed by atoms with E-state index in [1.807, 2.05) is 37.3 Å². The maximum Gasteiger partial charge on any atom is 0.192 e. The summed E-state index contributed by atoms with van der Waals surface area (Å²) < 4.78 is 12.2. The predicted molar refractivity (Wildman–Crippen MR) is 117 cm³/mol. The first-order chi connectivity index (χ1) is 12.5. The van der Waals surface area contributed by atoms with Gasteiger partial charge in [-0.2, -0.15) is 0 Å². The van der Waals surface area contributed by atoms with Crippen LogP contribution in [-0.2, 0) is 15.8 Å². The van der Waals surface area contributed by atoms with Crippen molar-refractivity contribution in [2.75, 3.05) is 0 Å². The molecule has 0 fully saturated rings. The second-order valence-corrected chi connectivity index (χ2v) is 13.8. The van der Waals surface area contributed by atoms with Gasteiger partial charge >= 0.3 is 0 Å². The Morgan fingerprint density at radius 3 is 2.30 bits per heavy atom. The molecule has 0 aromatic heterocycles. The van der Waals surface area contributed by atoms with Crippen molar-refractivity contribution in [1.29, 1.82) is 0 Å². The third-order valence-corrected chi connectivity index (χ3v) is 10.1. The van der Waals surface area contributed by atoms with Crippen LogP contribution in [0.5, 0.6) is 0 Å². The quantitative estimate of drug-likeness (QED) is 0.366. The van der Waals surface area contributed by atoms with Crippen LogP contribution in [-0.4, -0.2) is 31.7 Å². The molecule has 0 aliphatic rings. The van der Waals surface area contributed by atoms with Crippen LogP contribution in [0, 0.1) is 0 Å². The molecule has 0 saturated heterocycles. The lowest BCUT2D eigenvalue weighted by Gasteiger charge is -2.38. The van der Waals surface area contributed by atoms with Gasteiger partial charge in [0.1, 0.15) is 0 Å². The smallest absolute Gasteiger partial charge is 0.192 e. The van der Waals surface area contributed by atoms with E-state index in [1.165, 1.54) is 0 Å². The first-order valence-electron chi connectivity index (χ1n) is 10.2. The zero-order valence-electron chi connectivity index (χ0n) is 18.4. The fraction of sp³-hybridized carbons (Fsp3) is 0.652. The second kappa shape index (κ2) is 11.2. The van der Waals surface area contributed by atoms with Crippen molar-refractivity contribution in [2.24, 2.45) is 0 Å². The molecule has 0 aliphatic carbocycles. The lowest BCUT2D eigenvalue weighted by atomic mass is 10.1. The van der Waals surface area contributed by atoms with Gasteiger partial charge in [-0.05, 0) is 56.8 Å². The zero-order chi connectivity index (χ0) is 20.5. The molecule has 0 saturated carbocycles. The average molecular weight is 393 g/mol. The Bertz CT molecular complexity index is 548. The van der Waals surface area contributed by atoms with Gasteiger partial charge in [-0.1, -0.05) is 63.3 Å². The van der Waals surface area contributed by atoms with Gasteiger partial charge < -0.3 is 14.3 Å². The van der Waals surface area contributed by atoms with Crippen LogP contribution in [0.4, 0.5) is 0 Å². The molecule has 0 unspecified atom stereocenters. The van der Waals surface area contributed by atoms with Crippen LogP contribution in [0.15, 0.2) is 42.5 Å². The Labute approximate surface area is 167 Å². The fourth-order valence-electron chi connectivity index (χ4n) is 2.53.